The maximum Gasteiger partial charge on any atom is 0.0748 e. The summed E-state index contributed by atoms with van der Waals surface area (Å²) < 4.78 is 6.18. The van der Waals surface area contributed by atoms with Crippen molar-refractivity contribution in [2.24, 2.45) is 0 Å². The number of ether oxygens (including phenoxy) is 1. The first-order chi connectivity index (χ1) is 6.58. The van der Waals surface area contributed by atoms with Gasteiger partial charge in [0.05, 0.1) is 17.3 Å². The van der Waals surface area contributed by atoms with E-state index in [4.69, 9.17) is 4.74 Å². The topological polar surface area (TPSA) is 29.5 Å². The van der Waals surface area contributed by atoms with Crippen LogP contribution in [0.2, 0.25) is 0 Å². The summed E-state index contributed by atoms with van der Waals surface area (Å²) in [6.45, 7) is 5.91. The first kappa shape index (κ1) is 10.2. The van der Waals surface area contributed by atoms with Crippen LogP contribution in [-0.4, -0.2) is 22.4 Å². The zero-order chi connectivity index (χ0) is 10.2. The van der Waals surface area contributed by atoms with Crippen molar-refractivity contribution >= 4 is 0 Å². The lowest BCUT2D eigenvalue weighted by Gasteiger charge is -2.52. The molecular formula is C12H20O2. The minimum absolute atomic E-state index is 0.0844. The molecule has 2 nitrogen and oxygen atoms in total. The van der Waals surface area contributed by atoms with E-state index in [0.717, 1.165) is 32.1 Å². The Labute approximate surface area is 86.0 Å². The fourth-order valence-corrected chi connectivity index (χ4v) is 3.19. The molecule has 14 heavy (non-hydrogen) atoms. The molecule has 2 saturated heterocycles. The monoisotopic (exact) mass is 196 g/mol. The Balaban J connectivity index is 2.19. The van der Waals surface area contributed by atoms with Gasteiger partial charge in [-0.15, -0.1) is 6.58 Å². The average molecular weight is 196 g/mol. The second-order valence-corrected chi connectivity index (χ2v) is 5.14. The van der Waals surface area contributed by atoms with Gasteiger partial charge in [0, 0.05) is 12.8 Å². The molecule has 0 aromatic carbocycles. The minimum atomic E-state index is -0.186. The molecule has 2 aliphatic heterocycles. The lowest BCUT2D eigenvalue weighted by molar-refractivity contribution is -0.235. The van der Waals surface area contributed by atoms with E-state index in [1.54, 1.807) is 0 Å². The molecule has 0 radical (unpaired) electrons. The maximum atomic E-state index is 9.86. The Morgan fingerprint density at radius 1 is 1.50 bits per heavy atom. The summed E-state index contributed by atoms with van der Waals surface area (Å²) in [4.78, 5) is 0. The second kappa shape index (κ2) is 3.35. The van der Waals surface area contributed by atoms with Gasteiger partial charge in [-0.3, -0.25) is 0 Å². The van der Waals surface area contributed by atoms with E-state index in [1.165, 1.54) is 6.42 Å². The number of hydrogen-bond acceptors (Lipinski definition) is 2. The van der Waals surface area contributed by atoms with Gasteiger partial charge in [-0.2, -0.15) is 0 Å². The predicted molar refractivity (Wildman–Crippen MR) is 56.1 cm³/mol. The lowest BCUT2D eigenvalue weighted by atomic mass is 9.73. The molecule has 0 amide bonds. The van der Waals surface area contributed by atoms with Crippen molar-refractivity contribution in [1.82, 2.24) is 0 Å². The molecule has 0 spiro atoms. The van der Waals surface area contributed by atoms with Crippen molar-refractivity contribution in [2.75, 3.05) is 0 Å². The summed E-state index contributed by atoms with van der Waals surface area (Å²) >= 11 is 0. The van der Waals surface area contributed by atoms with Crippen LogP contribution in [0.3, 0.4) is 0 Å². The lowest BCUT2D eigenvalue weighted by Crippen LogP contribution is -2.54. The van der Waals surface area contributed by atoms with E-state index >= 15 is 0 Å². The van der Waals surface area contributed by atoms with Crippen molar-refractivity contribution in [3.63, 3.8) is 0 Å². The van der Waals surface area contributed by atoms with E-state index in [9.17, 15) is 5.11 Å². The predicted octanol–water partition coefficient (Wildman–Crippen LogP) is 2.42. The van der Waals surface area contributed by atoms with Crippen LogP contribution in [0.1, 0.15) is 45.4 Å². The summed E-state index contributed by atoms with van der Waals surface area (Å²) in [6, 6.07) is 0. The van der Waals surface area contributed by atoms with E-state index < -0.39 is 0 Å². The van der Waals surface area contributed by atoms with Crippen molar-refractivity contribution < 1.29 is 9.84 Å². The van der Waals surface area contributed by atoms with Crippen molar-refractivity contribution in [3.8, 4) is 0 Å². The SMILES string of the molecule is C=CC[C@]12CCC[C@](C)(C[C@@H](O)C1)O2. The van der Waals surface area contributed by atoms with Gasteiger partial charge in [0.25, 0.3) is 0 Å². The molecular weight excluding hydrogens is 176 g/mol. The fourth-order valence-electron chi connectivity index (χ4n) is 3.19. The standard InChI is InChI=1S/C12H20O2/c1-3-5-12-7-4-6-11(2,14-12)8-10(13)9-12/h3,10,13H,1,4-9H2,2H3/t10-,11-,12+/m1/s1. The van der Waals surface area contributed by atoms with Crippen LogP contribution >= 0.6 is 0 Å². The summed E-state index contributed by atoms with van der Waals surface area (Å²) in [5.74, 6) is 0. The highest BCUT2D eigenvalue weighted by Gasteiger charge is 2.48. The van der Waals surface area contributed by atoms with E-state index in [1.807, 2.05) is 6.08 Å². The minimum Gasteiger partial charge on any atom is -0.393 e. The quantitative estimate of drug-likeness (QED) is 0.687. The third-order valence-corrected chi connectivity index (χ3v) is 3.59. The van der Waals surface area contributed by atoms with E-state index in [2.05, 4.69) is 13.5 Å². The number of hydrogen-bond donors (Lipinski definition) is 1. The van der Waals surface area contributed by atoms with Crippen LogP contribution in [0.5, 0.6) is 0 Å². The van der Waals surface area contributed by atoms with Crippen LogP contribution < -0.4 is 0 Å². The van der Waals surface area contributed by atoms with Gasteiger partial charge in [-0.1, -0.05) is 6.08 Å². The first-order valence-corrected chi connectivity index (χ1v) is 5.57. The van der Waals surface area contributed by atoms with Crippen molar-refractivity contribution in [3.05, 3.63) is 12.7 Å². The molecule has 2 heterocycles. The van der Waals surface area contributed by atoms with Crippen LogP contribution in [-0.2, 0) is 4.74 Å². The highest BCUT2D eigenvalue weighted by atomic mass is 16.5. The Morgan fingerprint density at radius 3 is 3.00 bits per heavy atom. The van der Waals surface area contributed by atoms with Crippen molar-refractivity contribution in [2.45, 2.75) is 62.8 Å². The van der Waals surface area contributed by atoms with Crippen LogP contribution in [0.25, 0.3) is 0 Å². The highest BCUT2D eigenvalue weighted by molar-refractivity contribution is 5.01. The summed E-state index contributed by atoms with van der Waals surface area (Å²) in [5, 5.41) is 9.86. The number of aliphatic hydroxyl groups excluding tert-OH is 1. The zero-order valence-corrected chi connectivity index (χ0v) is 8.96. The molecule has 0 aromatic heterocycles. The third kappa shape index (κ3) is 1.73. The molecule has 0 saturated carbocycles. The Bertz CT molecular complexity index is 238. The zero-order valence-electron chi connectivity index (χ0n) is 8.96. The summed E-state index contributed by atoms with van der Waals surface area (Å²) in [5.41, 5.74) is -0.189. The second-order valence-electron chi connectivity index (χ2n) is 5.14. The number of fused-ring (bicyclic) bond motifs is 2. The van der Waals surface area contributed by atoms with Gasteiger partial charge in [-0.05, 0) is 32.6 Å². The number of aliphatic hydroxyl groups is 1. The van der Waals surface area contributed by atoms with Crippen LogP contribution in [0, 0.1) is 0 Å². The smallest absolute Gasteiger partial charge is 0.0748 e. The molecule has 2 rings (SSSR count). The van der Waals surface area contributed by atoms with Gasteiger partial charge in [0.2, 0.25) is 0 Å². The van der Waals surface area contributed by atoms with Gasteiger partial charge < -0.3 is 9.84 Å². The molecule has 0 aromatic rings. The molecule has 2 bridgehead atoms. The Hall–Kier alpha value is -0.340. The largest absolute Gasteiger partial charge is 0.393 e. The van der Waals surface area contributed by atoms with E-state index in [-0.39, 0.29) is 17.3 Å². The van der Waals surface area contributed by atoms with Crippen LogP contribution in [0.15, 0.2) is 12.7 Å². The van der Waals surface area contributed by atoms with Gasteiger partial charge in [0.15, 0.2) is 0 Å². The average Bonchev–Trinajstić information content (AvgIpc) is 2.00. The van der Waals surface area contributed by atoms with Crippen LogP contribution in [0.4, 0.5) is 0 Å². The molecule has 0 unspecified atom stereocenters. The third-order valence-electron chi connectivity index (χ3n) is 3.59. The van der Waals surface area contributed by atoms with Gasteiger partial charge >= 0.3 is 0 Å². The molecule has 2 fully saturated rings. The fraction of sp³-hybridized carbons (Fsp3) is 0.833. The Morgan fingerprint density at radius 2 is 2.29 bits per heavy atom. The van der Waals surface area contributed by atoms with E-state index in [0.29, 0.717) is 0 Å². The molecule has 80 valence electrons. The van der Waals surface area contributed by atoms with Crippen molar-refractivity contribution in [1.29, 1.82) is 0 Å². The maximum absolute atomic E-state index is 9.86. The molecule has 2 heteroatoms. The van der Waals surface area contributed by atoms with Gasteiger partial charge in [-0.25, -0.2) is 0 Å². The summed E-state index contributed by atoms with van der Waals surface area (Å²) in [7, 11) is 0. The molecule has 2 aliphatic rings. The first-order valence-electron chi connectivity index (χ1n) is 5.57. The summed E-state index contributed by atoms with van der Waals surface area (Å²) in [6.07, 6.45) is 7.57. The Kier molecular flexibility index (Phi) is 2.44. The molecule has 3 atom stereocenters. The normalized spacial score (nSPS) is 47.4. The molecule has 0 aliphatic carbocycles. The molecule has 1 N–H and O–H groups in total. The number of rotatable bonds is 2. The highest BCUT2D eigenvalue weighted by Crippen LogP contribution is 2.47. The van der Waals surface area contributed by atoms with Gasteiger partial charge in [0.1, 0.15) is 0 Å².